The Morgan fingerprint density at radius 1 is 1.24 bits per heavy atom. The van der Waals surface area contributed by atoms with Gasteiger partial charge in [0.2, 0.25) is 0 Å². The molecule has 3 heterocycles. The molecule has 1 unspecified atom stereocenters. The van der Waals surface area contributed by atoms with Crippen molar-refractivity contribution in [3.8, 4) is 0 Å². The van der Waals surface area contributed by atoms with Crippen LogP contribution in [0.5, 0.6) is 0 Å². The number of rotatable bonds is 3. The summed E-state index contributed by atoms with van der Waals surface area (Å²) in [5.74, 6) is 1.05. The second-order valence-corrected chi connectivity index (χ2v) is 8.79. The maximum atomic E-state index is 13.8. The van der Waals surface area contributed by atoms with E-state index in [1.807, 2.05) is 13.8 Å². The second-order valence-electron chi connectivity index (χ2n) is 7.79. The summed E-state index contributed by atoms with van der Waals surface area (Å²) in [7, 11) is 0. The number of piperidine rings is 1. The van der Waals surface area contributed by atoms with Gasteiger partial charge in [-0.15, -0.1) is 11.3 Å². The van der Waals surface area contributed by atoms with Crippen LogP contribution in [0.25, 0.3) is 10.2 Å². The van der Waals surface area contributed by atoms with Crippen molar-refractivity contribution in [2.24, 2.45) is 0 Å². The van der Waals surface area contributed by atoms with Crippen LogP contribution in [0.2, 0.25) is 0 Å². The SMILES string of the molecule is Cc1nc(N2CCCCC2C)c2c(C)c(C(=O)Nc3ccc(C)c(F)c3)sc2n1. The molecule has 1 saturated heterocycles. The van der Waals surface area contributed by atoms with E-state index in [-0.39, 0.29) is 11.7 Å². The molecular formula is C22H25FN4OS. The first kappa shape index (κ1) is 19.8. The molecule has 1 atom stereocenters. The van der Waals surface area contributed by atoms with Crippen LogP contribution in [0.4, 0.5) is 15.9 Å². The molecule has 7 heteroatoms. The number of hydrogen-bond acceptors (Lipinski definition) is 5. The van der Waals surface area contributed by atoms with Crippen molar-refractivity contribution in [2.75, 3.05) is 16.8 Å². The fourth-order valence-corrected chi connectivity index (χ4v) is 5.03. The van der Waals surface area contributed by atoms with E-state index in [0.717, 1.165) is 41.0 Å². The van der Waals surface area contributed by atoms with E-state index in [9.17, 15) is 9.18 Å². The van der Waals surface area contributed by atoms with Gasteiger partial charge in [0.05, 0.1) is 10.3 Å². The molecule has 0 saturated carbocycles. The van der Waals surface area contributed by atoms with Gasteiger partial charge in [-0.25, -0.2) is 14.4 Å². The monoisotopic (exact) mass is 412 g/mol. The second kappa shape index (κ2) is 7.71. The number of amides is 1. The summed E-state index contributed by atoms with van der Waals surface area (Å²) in [6.45, 7) is 8.72. The summed E-state index contributed by atoms with van der Waals surface area (Å²) in [6.07, 6.45) is 3.51. The first-order chi connectivity index (χ1) is 13.8. The van der Waals surface area contributed by atoms with E-state index in [1.165, 1.54) is 23.8 Å². The molecule has 0 aliphatic carbocycles. The Morgan fingerprint density at radius 2 is 2.03 bits per heavy atom. The molecule has 1 aromatic carbocycles. The highest BCUT2D eigenvalue weighted by Crippen LogP contribution is 2.37. The molecule has 1 aliphatic rings. The zero-order valence-electron chi connectivity index (χ0n) is 17.2. The average Bonchev–Trinajstić information content (AvgIpc) is 3.01. The van der Waals surface area contributed by atoms with Crippen LogP contribution >= 0.6 is 11.3 Å². The van der Waals surface area contributed by atoms with Gasteiger partial charge in [-0.3, -0.25) is 4.79 Å². The van der Waals surface area contributed by atoms with E-state index >= 15 is 0 Å². The Bertz CT molecular complexity index is 1090. The summed E-state index contributed by atoms with van der Waals surface area (Å²) in [4.78, 5) is 26.1. The standard InChI is InChI=1S/C22H25FN4OS/c1-12-8-9-16(11-17(12)23)26-21(28)19-14(3)18-20(24-15(4)25-22(18)29-19)27-10-6-5-7-13(27)2/h8-9,11,13H,5-7,10H2,1-4H3,(H,26,28). The fourth-order valence-electron chi connectivity index (χ4n) is 3.92. The molecule has 152 valence electrons. The largest absolute Gasteiger partial charge is 0.353 e. The normalized spacial score (nSPS) is 17.0. The number of thiophene rings is 1. The Morgan fingerprint density at radius 3 is 2.76 bits per heavy atom. The third-order valence-corrected chi connectivity index (χ3v) is 6.78. The smallest absolute Gasteiger partial charge is 0.266 e. The number of nitrogens with zero attached hydrogens (tertiary/aromatic N) is 3. The van der Waals surface area contributed by atoms with E-state index in [4.69, 9.17) is 4.98 Å². The van der Waals surface area contributed by atoms with Crippen molar-refractivity contribution in [2.45, 2.75) is 53.0 Å². The molecule has 1 N–H and O–H groups in total. The average molecular weight is 413 g/mol. The molecule has 1 fully saturated rings. The molecule has 0 spiro atoms. The third kappa shape index (κ3) is 3.71. The van der Waals surface area contributed by atoms with Crippen molar-refractivity contribution in [3.63, 3.8) is 0 Å². The summed E-state index contributed by atoms with van der Waals surface area (Å²) in [5.41, 5.74) is 1.87. The van der Waals surface area contributed by atoms with Gasteiger partial charge in [-0.1, -0.05) is 6.07 Å². The van der Waals surface area contributed by atoms with Crippen LogP contribution in [0.1, 0.15) is 52.8 Å². The van der Waals surface area contributed by atoms with Crippen molar-refractivity contribution < 1.29 is 9.18 Å². The van der Waals surface area contributed by atoms with Crippen LogP contribution in [0.3, 0.4) is 0 Å². The number of halogens is 1. The number of aryl methyl sites for hydroxylation is 3. The summed E-state index contributed by atoms with van der Waals surface area (Å²) in [5, 5.41) is 3.77. The zero-order chi connectivity index (χ0) is 20.7. The minimum atomic E-state index is -0.335. The van der Waals surface area contributed by atoms with Crippen LogP contribution in [0, 0.1) is 26.6 Å². The Balaban J connectivity index is 1.74. The van der Waals surface area contributed by atoms with Crippen LogP contribution in [0.15, 0.2) is 18.2 Å². The quantitative estimate of drug-likeness (QED) is 0.627. The number of carbonyl (C=O) groups is 1. The van der Waals surface area contributed by atoms with Gasteiger partial charge in [-0.05, 0) is 70.2 Å². The van der Waals surface area contributed by atoms with Crippen molar-refractivity contribution in [1.82, 2.24) is 9.97 Å². The number of benzene rings is 1. The lowest BCUT2D eigenvalue weighted by Crippen LogP contribution is -2.38. The van der Waals surface area contributed by atoms with E-state index in [0.29, 0.717) is 28.0 Å². The van der Waals surface area contributed by atoms with Gasteiger partial charge < -0.3 is 10.2 Å². The highest BCUT2D eigenvalue weighted by molar-refractivity contribution is 7.20. The Labute approximate surface area is 174 Å². The predicted molar refractivity (Wildman–Crippen MR) is 117 cm³/mol. The highest BCUT2D eigenvalue weighted by Gasteiger charge is 2.26. The molecule has 0 bridgehead atoms. The topological polar surface area (TPSA) is 58.1 Å². The van der Waals surface area contributed by atoms with Crippen LogP contribution in [-0.4, -0.2) is 28.5 Å². The number of anilines is 2. The molecule has 29 heavy (non-hydrogen) atoms. The van der Waals surface area contributed by atoms with E-state index in [1.54, 1.807) is 19.1 Å². The first-order valence-electron chi connectivity index (χ1n) is 9.97. The van der Waals surface area contributed by atoms with Gasteiger partial charge in [-0.2, -0.15) is 0 Å². The fraction of sp³-hybridized carbons (Fsp3) is 0.409. The molecule has 0 radical (unpaired) electrons. The Kier molecular flexibility index (Phi) is 5.25. The molecule has 3 aromatic rings. The van der Waals surface area contributed by atoms with Gasteiger partial charge in [0.15, 0.2) is 0 Å². The van der Waals surface area contributed by atoms with E-state index < -0.39 is 0 Å². The lowest BCUT2D eigenvalue weighted by atomic mass is 10.0. The van der Waals surface area contributed by atoms with E-state index in [2.05, 4.69) is 22.1 Å². The number of hydrogen-bond donors (Lipinski definition) is 1. The molecule has 4 rings (SSSR count). The molecule has 1 aliphatic heterocycles. The maximum Gasteiger partial charge on any atom is 0.266 e. The molecule has 1 amide bonds. The van der Waals surface area contributed by atoms with Crippen molar-refractivity contribution in [1.29, 1.82) is 0 Å². The zero-order valence-corrected chi connectivity index (χ0v) is 18.0. The minimum Gasteiger partial charge on any atom is -0.353 e. The maximum absolute atomic E-state index is 13.8. The van der Waals surface area contributed by atoms with Crippen LogP contribution < -0.4 is 10.2 Å². The summed E-state index contributed by atoms with van der Waals surface area (Å²) >= 11 is 1.37. The van der Waals surface area contributed by atoms with Gasteiger partial charge in [0, 0.05) is 18.3 Å². The molecular weight excluding hydrogens is 387 g/mol. The number of fused-ring (bicyclic) bond motifs is 1. The number of aromatic nitrogens is 2. The minimum absolute atomic E-state index is 0.246. The number of nitrogens with one attached hydrogen (secondary N) is 1. The van der Waals surface area contributed by atoms with Crippen molar-refractivity contribution in [3.05, 3.63) is 45.8 Å². The lowest BCUT2D eigenvalue weighted by Gasteiger charge is -2.35. The molecule has 5 nitrogen and oxygen atoms in total. The predicted octanol–water partition coefficient (Wildman–Crippen LogP) is 5.39. The highest BCUT2D eigenvalue weighted by atomic mass is 32.1. The first-order valence-corrected chi connectivity index (χ1v) is 10.8. The summed E-state index contributed by atoms with van der Waals surface area (Å²) < 4.78 is 13.8. The lowest BCUT2D eigenvalue weighted by molar-refractivity contribution is 0.103. The van der Waals surface area contributed by atoms with Crippen molar-refractivity contribution >= 4 is 39.0 Å². The van der Waals surface area contributed by atoms with Gasteiger partial charge in [0.1, 0.15) is 22.3 Å². The molecule has 2 aromatic heterocycles. The van der Waals surface area contributed by atoms with Crippen LogP contribution in [-0.2, 0) is 0 Å². The Hall–Kier alpha value is -2.54. The number of carbonyl (C=O) groups excluding carboxylic acids is 1. The van der Waals surface area contributed by atoms with Gasteiger partial charge >= 0.3 is 0 Å². The third-order valence-electron chi connectivity index (χ3n) is 5.59. The summed E-state index contributed by atoms with van der Waals surface area (Å²) in [6, 6.07) is 5.13. The van der Waals surface area contributed by atoms with Gasteiger partial charge in [0.25, 0.3) is 5.91 Å².